The first kappa shape index (κ1) is 12.9. The largest absolute Gasteiger partial charge is 0.217 e. The maximum Gasteiger partial charge on any atom is 0.217 e. The summed E-state index contributed by atoms with van der Waals surface area (Å²) in [6.07, 6.45) is 6.57. The summed E-state index contributed by atoms with van der Waals surface area (Å²) in [6, 6.07) is 0. The SMILES string of the molecule is CC(C)(C)NS(=O)(=O)C12CC3CC(CC(C3)C1)C2. The molecule has 0 heterocycles. The zero-order chi connectivity index (χ0) is 13.2. The van der Waals surface area contributed by atoms with Crippen molar-refractivity contribution in [3.05, 3.63) is 0 Å². The van der Waals surface area contributed by atoms with E-state index in [2.05, 4.69) is 4.72 Å². The zero-order valence-corrected chi connectivity index (χ0v) is 12.5. The van der Waals surface area contributed by atoms with E-state index in [1.807, 2.05) is 20.8 Å². The zero-order valence-electron chi connectivity index (χ0n) is 11.7. The van der Waals surface area contributed by atoms with Gasteiger partial charge in [0.25, 0.3) is 0 Å². The van der Waals surface area contributed by atoms with Crippen molar-refractivity contribution in [2.24, 2.45) is 17.8 Å². The molecular weight excluding hydrogens is 246 g/mol. The molecule has 0 aliphatic heterocycles. The molecule has 104 valence electrons. The molecule has 4 aliphatic rings. The minimum atomic E-state index is -3.19. The van der Waals surface area contributed by atoms with Gasteiger partial charge in [-0.25, -0.2) is 13.1 Å². The maximum atomic E-state index is 12.8. The second-order valence-corrected chi connectivity index (χ2v) is 10.0. The van der Waals surface area contributed by atoms with Crippen molar-refractivity contribution in [3.63, 3.8) is 0 Å². The first-order valence-electron chi connectivity index (χ1n) is 7.23. The molecule has 4 bridgehead atoms. The highest BCUT2D eigenvalue weighted by Crippen LogP contribution is 2.58. The van der Waals surface area contributed by atoms with Crippen LogP contribution in [0.15, 0.2) is 0 Å². The van der Waals surface area contributed by atoms with Gasteiger partial charge >= 0.3 is 0 Å². The van der Waals surface area contributed by atoms with E-state index >= 15 is 0 Å². The summed E-state index contributed by atoms with van der Waals surface area (Å²) in [5, 5.41) is 0. The molecule has 4 aliphatic carbocycles. The van der Waals surface area contributed by atoms with Gasteiger partial charge in [-0.3, -0.25) is 0 Å². The Balaban J connectivity index is 1.91. The topological polar surface area (TPSA) is 46.2 Å². The summed E-state index contributed by atoms with van der Waals surface area (Å²) in [5.41, 5.74) is -0.359. The smallest absolute Gasteiger partial charge is 0.212 e. The summed E-state index contributed by atoms with van der Waals surface area (Å²) in [6.45, 7) is 5.81. The van der Waals surface area contributed by atoms with Crippen molar-refractivity contribution in [2.45, 2.75) is 69.6 Å². The fourth-order valence-corrected chi connectivity index (χ4v) is 7.26. The molecule has 0 unspecified atom stereocenters. The van der Waals surface area contributed by atoms with Gasteiger partial charge in [0.2, 0.25) is 10.0 Å². The second-order valence-electron chi connectivity index (χ2n) is 7.96. The van der Waals surface area contributed by atoms with Crippen LogP contribution in [0.3, 0.4) is 0 Å². The molecule has 0 amide bonds. The number of hydrogen-bond donors (Lipinski definition) is 1. The van der Waals surface area contributed by atoms with Gasteiger partial charge < -0.3 is 0 Å². The molecule has 18 heavy (non-hydrogen) atoms. The van der Waals surface area contributed by atoms with Crippen molar-refractivity contribution < 1.29 is 8.42 Å². The molecule has 0 radical (unpaired) electrons. The molecule has 0 spiro atoms. The molecule has 0 saturated heterocycles. The van der Waals surface area contributed by atoms with Crippen LogP contribution in [0.1, 0.15) is 59.3 Å². The summed E-state index contributed by atoms with van der Waals surface area (Å²) in [7, 11) is -3.19. The van der Waals surface area contributed by atoms with E-state index in [4.69, 9.17) is 0 Å². The van der Waals surface area contributed by atoms with Crippen LogP contribution in [-0.2, 0) is 10.0 Å². The number of hydrogen-bond acceptors (Lipinski definition) is 2. The Bertz CT molecular complexity index is 412. The van der Waals surface area contributed by atoms with E-state index in [-0.39, 0.29) is 5.54 Å². The summed E-state index contributed by atoms with van der Waals surface area (Å²) < 4.78 is 28.1. The highest BCUT2D eigenvalue weighted by Gasteiger charge is 2.57. The van der Waals surface area contributed by atoms with Crippen molar-refractivity contribution in [3.8, 4) is 0 Å². The standard InChI is InChI=1S/C14H25NO2S/c1-13(2,3)15-18(16,17)14-7-10-4-11(8-14)6-12(5-10)9-14/h10-12,15H,4-9H2,1-3H3. The fourth-order valence-electron chi connectivity index (χ4n) is 4.87. The highest BCUT2D eigenvalue weighted by molar-refractivity contribution is 7.91. The molecule has 1 N–H and O–H groups in total. The average Bonchev–Trinajstić information content (AvgIpc) is 2.10. The fraction of sp³-hybridized carbons (Fsp3) is 1.00. The molecule has 4 heteroatoms. The monoisotopic (exact) mass is 271 g/mol. The Morgan fingerprint density at radius 1 is 0.944 bits per heavy atom. The van der Waals surface area contributed by atoms with Gasteiger partial charge in [-0.15, -0.1) is 0 Å². The lowest BCUT2D eigenvalue weighted by Gasteiger charge is -2.56. The van der Waals surface area contributed by atoms with Crippen LogP contribution in [0.25, 0.3) is 0 Å². The van der Waals surface area contributed by atoms with Crippen LogP contribution in [-0.4, -0.2) is 18.7 Å². The molecule has 4 rings (SSSR count). The quantitative estimate of drug-likeness (QED) is 0.839. The summed E-state index contributed by atoms with van der Waals surface area (Å²) in [4.78, 5) is 0. The third-order valence-corrected chi connectivity index (χ3v) is 7.51. The van der Waals surface area contributed by atoms with E-state index < -0.39 is 14.8 Å². The number of sulfonamides is 1. The van der Waals surface area contributed by atoms with Crippen LogP contribution >= 0.6 is 0 Å². The molecule has 4 saturated carbocycles. The van der Waals surface area contributed by atoms with E-state index in [9.17, 15) is 8.42 Å². The molecule has 3 nitrogen and oxygen atoms in total. The van der Waals surface area contributed by atoms with Crippen LogP contribution in [0.4, 0.5) is 0 Å². The summed E-state index contributed by atoms with van der Waals surface area (Å²) in [5.74, 6) is 2.02. The van der Waals surface area contributed by atoms with Crippen molar-refractivity contribution in [2.75, 3.05) is 0 Å². The molecule has 0 aromatic carbocycles. The van der Waals surface area contributed by atoms with Crippen LogP contribution in [0.2, 0.25) is 0 Å². The van der Waals surface area contributed by atoms with E-state index in [0.717, 1.165) is 19.3 Å². The summed E-state index contributed by atoms with van der Waals surface area (Å²) >= 11 is 0. The Kier molecular flexibility index (Phi) is 2.67. The minimum Gasteiger partial charge on any atom is -0.212 e. The predicted molar refractivity (Wildman–Crippen MR) is 72.7 cm³/mol. The highest BCUT2D eigenvalue weighted by atomic mass is 32.2. The maximum absolute atomic E-state index is 12.8. The molecule has 4 fully saturated rings. The van der Waals surface area contributed by atoms with Crippen molar-refractivity contribution in [1.82, 2.24) is 4.72 Å². The Labute approximate surface area is 111 Å². The molecule has 0 atom stereocenters. The van der Waals surface area contributed by atoms with Gasteiger partial charge in [-0.05, 0) is 77.0 Å². The van der Waals surface area contributed by atoms with E-state index in [1.54, 1.807) is 0 Å². The van der Waals surface area contributed by atoms with Gasteiger partial charge in [0.15, 0.2) is 0 Å². The van der Waals surface area contributed by atoms with E-state index in [1.165, 1.54) is 19.3 Å². The number of rotatable bonds is 2. The predicted octanol–water partition coefficient (Wildman–Crippen LogP) is 2.67. The van der Waals surface area contributed by atoms with Gasteiger partial charge in [0, 0.05) is 5.54 Å². The number of nitrogens with one attached hydrogen (secondary N) is 1. The Morgan fingerprint density at radius 3 is 1.67 bits per heavy atom. The minimum absolute atomic E-state index is 0.359. The molecular formula is C14H25NO2S. The third kappa shape index (κ3) is 2.01. The first-order chi connectivity index (χ1) is 8.19. The van der Waals surface area contributed by atoms with Crippen molar-refractivity contribution >= 4 is 10.0 Å². The first-order valence-corrected chi connectivity index (χ1v) is 8.71. The Hall–Kier alpha value is -0.0900. The normalized spacial score (nSPS) is 43.4. The molecule has 0 aromatic heterocycles. The average molecular weight is 271 g/mol. The van der Waals surface area contributed by atoms with E-state index in [0.29, 0.717) is 17.8 Å². The lowest BCUT2D eigenvalue weighted by atomic mass is 9.56. The molecule has 0 aromatic rings. The second kappa shape index (κ2) is 3.72. The van der Waals surface area contributed by atoms with Crippen LogP contribution < -0.4 is 4.72 Å². The van der Waals surface area contributed by atoms with Crippen LogP contribution in [0.5, 0.6) is 0 Å². The van der Waals surface area contributed by atoms with Gasteiger partial charge in [-0.1, -0.05) is 0 Å². The van der Waals surface area contributed by atoms with Gasteiger partial charge in [0.1, 0.15) is 0 Å². The van der Waals surface area contributed by atoms with Crippen LogP contribution in [0, 0.1) is 17.8 Å². The lowest BCUT2D eigenvalue weighted by Crippen LogP contribution is -2.60. The Morgan fingerprint density at radius 2 is 1.33 bits per heavy atom. The lowest BCUT2D eigenvalue weighted by molar-refractivity contribution is 0.0330. The third-order valence-electron chi connectivity index (χ3n) is 4.99. The van der Waals surface area contributed by atoms with Crippen molar-refractivity contribution in [1.29, 1.82) is 0 Å². The van der Waals surface area contributed by atoms with Gasteiger partial charge in [-0.2, -0.15) is 0 Å². The van der Waals surface area contributed by atoms with Gasteiger partial charge in [0.05, 0.1) is 4.75 Å².